The molecule has 0 saturated carbocycles. The van der Waals surface area contributed by atoms with Gasteiger partial charge in [-0.25, -0.2) is 0 Å². The molecule has 21 heavy (non-hydrogen) atoms. The van der Waals surface area contributed by atoms with Crippen LogP contribution in [-0.4, -0.2) is 37.5 Å². The lowest BCUT2D eigenvalue weighted by Gasteiger charge is -2.19. The number of benzene rings is 1. The predicted octanol–water partition coefficient (Wildman–Crippen LogP) is 1.67. The van der Waals surface area contributed by atoms with E-state index in [4.69, 9.17) is 5.84 Å². The van der Waals surface area contributed by atoms with Gasteiger partial charge in [0, 0.05) is 18.2 Å². The molecule has 0 saturated heterocycles. The molecule has 0 aliphatic rings. The van der Waals surface area contributed by atoms with Gasteiger partial charge in [-0.2, -0.15) is 13.2 Å². The summed E-state index contributed by atoms with van der Waals surface area (Å²) in [5.74, 6) is 4.50. The molecule has 0 radical (unpaired) electrons. The minimum Gasteiger partial charge on any atom is -0.348 e. The molecule has 1 aromatic rings. The van der Waals surface area contributed by atoms with Gasteiger partial charge in [0.15, 0.2) is 0 Å². The number of hydrazine groups is 1. The zero-order chi connectivity index (χ0) is 16.2. The number of halogens is 3. The van der Waals surface area contributed by atoms with Crippen molar-refractivity contribution in [1.82, 2.24) is 10.2 Å². The summed E-state index contributed by atoms with van der Waals surface area (Å²) >= 11 is 0. The summed E-state index contributed by atoms with van der Waals surface area (Å²) in [7, 11) is 3.68. The molecule has 1 rings (SSSR count). The topological polar surface area (TPSA) is 70.4 Å². The molecule has 118 valence electrons. The monoisotopic (exact) mass is 304 g/mol. The second-order valence-corrected chi connectivity index (χ2v) is 5.04. The molecule has 1 atom stereocenters. The van der Waals surface area contributed by atoms with Crippen LogP contribution in [0.1, 0.15) is 22.8 Å². The van der Waals surface area contributed by atoms with Gasteiger partial charge in [0.1, 0.15) is 0 Å². The van der Waals surface area contributed by atoms with Gasteiger partial charge in [-0.15, -0.1) is 0 Å². The number of nitrogens with two attached hydrogens (primary N) is 1. The number of hydrogen-bond donors (Lipinski definition) is 3. The first-order valence-corrected chi connectivity index (χ1v) is 6.28. The SMILES string of the molecule is CC(CN(C)C)NC(=O)c1ccc(NN)c(C(F)(F)F)c1. The van der Waals surface area contributed by atoms with Crippen molar-refractivity contribution in [2.24, 2.45) is 5.84 Å². The molecule has 0 aliphatic carbocycles. The van der Waals surface area contributed by atoms with Gasteiger partial charge in [-0.1, -0.05) is 0 Å². The molecule has 0 spiro atoms. The van der Waals surface area contributed by atoms with Crippen molar-refractivity contribution >= 4 is 11.6 Å². The highest BCUT2D eigenvalue weighted by molar-refractivity contribution is 5.95. The summed E-state index contributed by atoms with van der Waals surface area (Å²) in [6.07, 6.45) is -4.59. The number of alkyl halides is 3. The van der Waals surface area contributed by atoms with Crippen molar-refractivity contribution in [3.05, 3.63) is 29.3 Å². The van der Waals surface area contributed by atoms with Crippen LogP contribution in [-0.2, 0) is 6.18 Å². The first-order valence-electron chi connectivity index (χ1n) is 6.28. The Bertz CT molecular complexity index is 503. The molecular weight excluding hydrogens is 285 g/mol. The normalized spacial score (nSPS) is 13.1. The minimum absolute atomic E-state index is 0.0630. The van der Waals surface area contributed by atoms with E-state index in [0.717, 1.165) is 12.1 Å². The van der Waals surface area contributed by atoms with E-state index in [1.54, 1.807) is 6.92 Å². The van der Waals surface area contributed by atoms with E-state index in [0.29, 0.717) is 6.54 Å². The number of carbonyl (C=O) groups is 1. The van der Waals surface area contributed by atoms with Crippen LogP contribution in [0.2, 0.25) is 0 Å². The fraction of sp³-hybridized carbons (Fsp3) is 0.462. The number of rotatable bonds is 5. The Labute approximate surface area is 121 Å². The third-order valence-electron chi connectivity index (χ3n) is 2.76. The van der Waals surface area contributed by atoms with Crippen molar-refractivity contribution in [2.75, 3.05) is 26.1 Å². The van der Waals surface area contributed by atoms with Crippen LogP contribution in [0.15, 0.2) is 18.2 Å². The molecule has 4 N–H and O–H groups in total. The maximum absolute atomic E-state index is 12.9. The van der Waals surface area contributed by atoms with Crippen LogP contribution < -0.4 is 16.6 Å². The second-order valence-electron chi connectivity index (χ2n) is 5.04. The summed E-state index contributed by atoms with van der Waals surface area (Å²) < 4.78 is 38.6. The van der Waals surface area contributed by atoms with E-state index in [1.165, 1.54) is 6.07 Å². The van der Waals surface area contributed by atoms with E-state index < -0.39 is 17.6 Å². The van der Waals surface area contributed by atoms with Gasteiger partial charge in [0.2, 0.25) is 0 Å². The summed E-state index contributed by atoms with van der Waals surface area (Å²) in [6.45, 7) is 2.36. The Kier molecular flexibility index (Phi) is 5.56. The number of nitrogens with one attached hydrogen (secondary N) is 2. The van der Waals surface area contributed by atoms with Gasteiger partial charge < -0.3 is 15.6 Å². The highest BCUT2D eigenvalue weighted by Crippen LogP contribution is 2.35. The van der Waals surface area contributed by atoms with Gasteiger partial charge in [-0.05, 0) is 39.2 Å². The first kappa shape index (κ1) is 17.3. The maximum Gasteiger partial charge on any atom is 0.418 e. The summed E-state index contributed by atoms with van der Waals surface area (Å²) in [5, 5.41) is 2.64. The van der Waals surface area contributed by atoms with Gasteiger partial charge in [0.05, 0.1) is 11.3 Å². The molecule has 5 nitrogen and oxygen atoms in total. The van der Waals surface area contributed by atoms with Crippen LogP contribution in [0, 0.1) is 0 Å². The molecule has 0 bridgehead atoms. The predicted molar refractivity (Wildman–Crippen MR) is 74.7 cm³/mol. The molecule has 0 heterocycles. The number of likely N-dealkylation sites (N-methyl/N-ethyl adjacent to an activating group) is 1. The zero-order valence-electron chi connectivity index (χ0n) is 12.1. The fourth-order valence-electron chi connectivity index (χ4n) is 1.95. The second kappa shape index (κ2) is 6.77. The zero-order valence-corrected chi connectivity index (χ0v) is 12.1. The molecule has 1 aromatic carbocycles. The van der Waals surface area contributed by atoms with Gasteiger partial charge in [0.25, 0.3) is 5.91 Å². The first-order chi connectivity index (χ1) is 9.65. The lowest BCUT2D eigenvalue weighted by atomic mass is 10.1. The third kappa shape index (κ3) is 4.91. The summed E-state index contributed by atoms with van der Waals surface area (Å²) in [6, 6.07) is 3.03. The minimum atomic E-state index is -4.59. The van der Waals surface area contributed by atoms with E-state index in [1.807, 2.05) is 24.4 Å². The lowest BCUT2D eigenvalue weighted by molar-refractivity contribution is -0.137. The van der Waals surface area contributed by atoms with Crippen molar-refractivity contribution in [3.8, 4) is 0 Å². The van der Waals surface area contributed by atoms with Crippen LogP contribution in [0.4, 0.5) is 18.9 Å². The Balaban J connectivity index is 2.96. The number of amides is 1. The van der Waals surface area contributed by atoms with Crippen LogP contribution >= 0.6 is 0 Å². The summed E-state index contributed by atoms with van der Waals surface area (Å²) in [5.41, 5.74) is 0.662. The molecule has 0 fully saturated rings. The lowest BCUT2D eigenvalue weighted by Crippen LogP contribution is -2.39. The van der Waals surface area contributed by atoms with Gasteiger partial charge >= 0.3 is 6.18 Å². The van der Waals surface area contributed by atoms with Crippen LogP contribution in [0.5, 0.6) is 0 Å². The smallest absolute Gasteiger partial charge is 0.348 e. The molecule has 1 unspecified atom stereocenters. The van der Waals surface area contributed by atoms with E-state index >= 15 is 0 Å². The maximum atomic E-state index is 12.9. The number of hydrogen-bond acceptors (Lipinski definition) is 4. The number of anilines is 1. The quantitative estimate of drug-likeness (QED) is 0.572. The van der Waals surface area contributed by atoms with E-state index in [-0.39, 0.29) is 17.3 Å². The van der Waals surface area contributed by atoms with E-state index in [2.05, 4.69) is 5.32 Å². The Morgan fingerprint density at radius 2 is 2.00 bits per heavy atom. The number of carbonyl (C=O) groups excluding carboxylic acids is 1. The molecule has 0 aliphatic heterocycles. The molecule has 1 amide bonds. The van der Waals surface area contributed by atoms with E-state index in [9.17, 15) is 18.0 Å². The highest BCUT2D eigenvalue weighted by atomic mass is 19.4. The molecular formula is C13H19F3N4O. The third-order valence-corrected chi connectivity index (χ3v) is 2.76. The Morgan fingerprint density at radius 3 is 2.48 bits per heavy atom. The standard InChI is InChI=1S/C13H19F3N4O/c1-8(7-20(2)3)18-12(21)9-4-5-11(19-17)10(6-9)13(14,15)16/h4-6,8,19H,7,17H2,1-3H3,(H,18,21). The van der Waals surface area contributed by atoms with Crippen molar-refractivity contribution in [1.29, 1.82) is 0 Å². The Morgan fingerprint density at radius 1 is 1.38 bits per heavy atom. The Hall–Kier alpha value is -1.80. The molecule has 0 aromatic heterocycles. The highest BCUT2D eigenvalue weighted by Gasteiger charge is 2.34. The van der Waals surface area contributed by atoms with Gasteiger partial charge in [-0.3, -0.25) is 10.6 Å². The van der Waals surface area contributed by atoms with Crippen molar-refractivity contribution in [2.45, 2.75) is 19.1 Å². The van der Waals surface area contributed by atoms with Crippen molar-refractivity contribution < 1.29 is 18.0 Å². The van der Waals surface area contributed by atoms with Crippen molar-refractivity contribution in [3.63, 3.8) is 0 Å². The largest absolute Gasteiger partial charge is 0.418 e. The fourth-order valence-corrected chi connectivity index (χ4v) is 1.95. The number of nitrogen functional groups attached to an aromatic ring is 1. The molecule has 8 heteroatoms. The van der Waals surface area contributed by atoms with Crippen LogP contribution in [0.3, 0.4) is 0 Å². The average Bonchev–Trinajstić information content (AvgIpc) is 2.35. The summed E-state index contributed by atoms with van der Waals surface area (Å²) in [4.78, 5) is 13.8. The average molecular weight is 304 g/mol. The van der Waals surface area contributed by atoms with Crippen LogP contribution in [0.25, 0.3) is 0 Å². The number of nitrogens with zero attached hydrogens (tertiary/aromatic N) is 1.